The van der Waals surface area contributed by atoms with E-state index in [9.17, 15) is 9.59 Å². The minimum atomic E-state index is -0.419. The molecule has 0 bridgehead atoms. The lowest BCUT2D eigenvalue weighted by molar-refractivity contribution is -0.134. The topological polar surface area (TPSA) is 52.6 Å². The number of aryl methyl sites for hydroxylation is 1. The van der Waals surface area contributed by atoms with Crippen molar-refractivity contribution in [2.45, 2.75) is 57.8 Å². The summed E-state index contributed by atoms with van der Waals surface area (Å²) in [7, 11) is 0. The van der Waals surface area contributed by atoms with Gasteiger partial charge in [0, 0.05) is 18.3 Å². The SMILES string of the molecule is CCC(=O)Oc1ccc(C(CCc2ccccc2)(c2ccc(OC(=O)CC)cc2)C(C)c2ccccc2)cc1. The summed E-state index contributed by atoms with van der Waals surface area (Å²) >= 11 is 0. The third-order valence-electron chi connectivity index (χ3n) is 7.47. The van der Waals surface area contributed by atoms with Crippen molar-refractivity contribution in [1.29, 1.82) is 0 Å². The molecule has 0 aliphatic rings. The Balaban J connectivity index is 1.85. The van der Waals surface area contributed by atoms with Crippen LogP contribution in [0.2, 0.25) is 0 Å². The molecule has 4 nitrogen and oxygen atoms in total. The fourth-order valence-electron chi connectivity index (χ4n) is 5.23. The highest BCUT2D eigenvalue weighted by Gasteiger charge is 2.40. The molecule has 0 aliphatic heterocycles. The first-order valence-electron chi connectivity index (χ1n) is 13.7. The summed E-state index contributed by atoms with van der Waals surface area (Å²) in [6.45, 7) is 5.85. The number of carbonyl (C=O) groups excluding carboxylic acids is 2. The van der Waals surface area contributed by atoms with E-state index in [0.29, 0.717) is 24.3 Å². The normalized spacial score (nSPS) is 12.0. The van der Waals surface area contributed by atoms with E-state index in [1.165, 1.54) is 11.1 Å². The van der Waals surface area contributed by atoms with Gasteiger partial charge in [-0.2, -0.15) is 0 Å². The quantitative estimate of drug-likeness (QED) is 0.148. The molecule has 4 heteroatoms. The van der Waals surface area contributed by atoms with Gasteiger partial charge < -0.3 is 9.47 Å². The molecule has 0 amide bonds. The van der Waals surface area contributed by atoms with Crippen LogP contribution in [0, 0.1) is 0 Å². The third kappa shape index (κ3) is 6.64. The van der Waals surface area contributed by atoms with Crippen LogP contribution in [0.5, 0.6) is 11.5 Å². The van der Waals surface area contributed by atoms with E-state index in [0.717, 1.165) is 24.0 Å². The molecule has 0 fully saturated rings. The van der Waals surface area contributed by atoms with Crippen LogP contribution in [-0.2, 0) is 21.4 Å². The summed E-state index contributed by atoms with van der Waals surface area (Å²) in [5.74, 6) is 0.671. The van der Waals surface area contributed by atoms with Crippen molar-refractivity contribution in [3.63, 3.8) is 0 Å². The van der Waals surface area contributed by atoms with Gasteiger partial charge in [0.2, 0.25) is 0 Å². The molecule has 4 aromatic carbocycles. The van der Waals surface area contributed by atoms with E-state index < -0.39 is 5.41 Å². The van der Waals surface area contributed by atoms with Crippen LogP contribution in [0.3, 0.4) is 0 Å². The molecular formula is C35H36O4. The maximum absolute atomic E-state index is 11.9. The smallest absolute Gasteiger partial charge is 0.310 e. The van der Waals surface area contributed by atoms with Crippen LogP contribution in [0.15, 0.2) is 109 Å². The van der Waals surface area contributed by atoms with E-state index in [1.54, 1.807) is 13.8 Å². The maximum atomic E-state index is 11.9. The largest absolute Gasteiger partial charge is 0.427 e. The molecule has 4 rings (SSSR count). The first kappa shape index (κ1) is 27.8. The first-order valence-corrected chi connectivity index (χ1v) is 13.7. The number of rotatable bonds is 11. The monoisotopic (exact) mass is 520 g/mol. The highest BCUT2D eigenvalue weighted by Crippen LogP contribution is 2.48. The summed E-state index contributed by atoms with van der Waals surface area (Å²) in [6, 6.07) is 36.9. The summed E-state index contributed by atoms with van der Waals surface area (Å²) in [6.07, 6.45) is 2.36. The number of esters is 2. The van der Waals surface area contributed by atoms with Gasteiger partial charge in [0.25, 0.3) is 0 Å². The van der Waals surface area contributed by atoms with Gasteiger partial charge in [-0.15, -0.1) is 0 Å². The van der Waals surface area contributed by atoms with Crippen molar-refractivity contribution in [1.82, 2.24) is 0 Å². The summed E-state index contributed by atoms with van der Waals surface area (Å²) in [5, 5.41) is 0. The Morgan fingerprint density at radius 2 is 1.08 bits per heavy atom. The second kappa shape index (κ2) is 13.1. The molecule has 1 atom stereocenters. The molecule has 200 valence electrons. The van der Waals surface area contributed by atoms with Gasteiger partial charge in [-0.25, -0.2) is 0 Å². The molecule has 0 saturated carbocycles. The van der Waals surface area contributed by atoms with Crippen LogP contribution in [0.4, 0.5) is 0 Å². The van der Waals surface area contributed by atoms with Crippen LogP contribution in [0.1, 0.15) is 68.2 Å². The first-order chi connectivity index (χ1) is 19.0. The van der Waals surface area contributed by atoms with Gasteiger partial charge in [-0.05, 0) is 65.3 Å². The van der Waals surface area contributed by atoms with E-state index in [-0.39, 0.29) is 17.9 Å². The van der Waals surface area contributed by atoms with Crippen molar-refractivity contribution in [3.8, 4) is 11.5 Å². The third-order valence-corrected chi connectivity index (χ3v) is 7.47. The lowest BCUT2D eigenvalue weighted by Gasteiger charge is -2.41. The van der Waals surface area contributed by atoms with Crippen LogP contribution in [-0.4, -0.2) is 11.9 Å². The Morgan fingerprint density at radius 1 is 0.641 bits per heavy atom. The number of hydrogen-bond donors (Lipinski definition) is 0. The van der Waals surface area contributed by atoms with Gasteiger partial charge in [0.15, 0.2) is 0 Å². The predicted octanol–water partition coefficient (Wildman–Crippen LogP) is 8.04. The van der Waals surface area contributed by atoms with Crippen molar-refractivity contribution < 1.29 is 19.1 Å². The van der Waals surface area contributed by atoms with Gasteiger partial charge in [0.1, 0.15) is 11.5 Å². The Hall–Kier alpha value is -4.18. The van der Waals surface area contributed by atoms with Gasteiger partial charge in [-0.1, -0.05) is 106 Å². The molecule has 4 aromatic rings. The molecule has 1 unspecified atom stereocenters. The summed E-state index contributed by atoms with van der Waals surface area (Å²) in [5.41, 5.74) is 4.34. The Morgan fingerprint density at radius 3 is 1.51 bits per heavy atom. The van der Waals surface area contributed by atoms with Crippen molar-refractivity contribution in [3.05, 3.63) is 131 Å². The van der Waals surface area contributed by atoms with Crippen molar-refractivity contribution >= 4 is 11.9 Å². The zero-order chi connectivity index (χ0) is 27.7. The van der Waals surface area contributed by atoms with Gasteiger partial charge in [0.05, 0.1) is 0 Å². The van der Waals surface area contributed by atoms with Gasteiger partial charge >= 0.3 is 11.9 Å². The Kier molecular flexibility index (Phi) is 9.32. The number of ether oxygens (including phenoxy) is 2. The highest BCUT2D eigenvalue weighted by atomic mass is 16.5. The fourth-order valence-corrected chi connectivity index (χ4v) is 5.23. The summed E-state index contributed by atoms with van der Waals surface area (Å²) < 4.78 is 11.0. The predicted molar refractivity (Wildman–Crippen MR) is 155 cm³/mol. The average molecular weight is 521 g/mol. The molecule has 0 saturated heterocycles. The fraction of sp³-hybridized carbons (Fsp3) is 0.257. The highest BCUT2D eigenvalue weighted by molar-refractivity contribution is 5.72. The zero-order valence-corrected chi connectivity index (χ0v) is 22.9. The Labute approximate surface area is 231 Å². The van der Waals surface area contributed by atoms with Crippen LogP contribution >= 0.6 is 0 Å². The number of carbonyl (C=O) groups is 2. The van der Waals surface area contributed by atoms with E-state index in [2.05, 4.69) is 79.7 Å². The minimum absolute atomic E-state index is 0.107. The van der Waals surface area contributed by atoms with Crippen LogP contribution < -0.4 is 9.47 Å². The molecule has 0 aromatic heterocycles. The standard InChI is InChI=1S/C35H36O4/c1-4-33(36)38-31-20-16-29(17-21-31)35(25-24-27-12-8-6-9-13-27,26(3)28-14-10-7-11-15-28)30-18-22-32(23-19-30)39-34(37)5-2/h6-23,26H,4-5,24-25H2,1-3H3. The number of benzene rings is 4. The van der Waals surface area contributed by atoms with E-state index >= 15 is 0 Å². The maximum Gasteiger partial charge on any atom is 0.310 e. The minimum Gasteiger partial charge on any atom is -0.427 e. The second-order valence-corrected chi connectivity index (χ2v) is 9.79. The van der Waals surface area contributed by atoms with Crippen molar-refractivity contribution in [2.75, 3.05) is 0 Å². The average Bonchev–Trinajstić information content (AvgIpc) is 2.99. The Bertz CT molecular complexity index is 1280. The molecular weight excluding hydrogens is 484 g/mol. The summed E-state index contributed by atoms with van der Waals surface area (Å²) in [4.78, 5) is 23.8. The van der Waals surface area contributed by atoms with E-state index in [1.807, 2.05) is 36.4 Å². The zero-order valence-electron chi connectivity index (χ0n) is 22.9. The van der Waals surface area contributed by atoms with E-state index in [4.69, 9.17) is 9.47 Å². The van der Waals surface area contributed by atoms with Gasteiger partial charge in [-0.3, -0.25) is 9.59 Å². The molecule has 0 spiro atoms. The van der Waals surface area contributed by atoms with Crippen molar-refractivity contribution in [2.24, 2.45) is 0 Å². The number of hydrogen-bond acceptors (Lipinski definition) is 4. The molecule has 39 heavy (non-hydrogen) atoms. The lowest BCUT2D eigenvalue weighted by atomic mass is 9.61. The molecule has 0 aliphatic carbocycles. The molecule has 0 radical (unpaired) electrons. The molecule has 0 N–H and O–H groups in total. The molecule has 0 heterocycles. The second-order valence-electron chi connectivity index (χ2n) is 9.79. The van der Waals surface area contributed by atoms with Crippen LogP contribution in [0.25, 0.3) is 0 Å². The lowest BCUT2D eigenvalue weighted by Crippen LogP contribution is -2.34.